The average Bonchev–Trinajstić information content (AvgIpc) is 2.29. The molecule has 0 N–H and O–H groups in total. The number of benzene rings is 1. The first kappa shape index (κ1) is 13.9. The molecule has 2 aromatic rings. The van der Waals surface area contributed by atoms with Gasteiger partial charge in [0.1, 0.15) is 0 Å². The third kappa shape index (κ3) is 3.14. The molecule has 5 heteroatoms. The van der Waals surface area contributed by atoms with Gasteiger partial charge < -0.3 is 0 Å². The molecule has 1 radical (unpaired) electrons. The second-order valence-corrected chi connectivity index (χ2v) is 3.31. The van der Waals surface area contributed by atoms with Crippen molar-refractivity contribution in [1.82, 2.24) is 9.97 Å². The minimum Gasteiger partial charge on any atom is -0.285 e. The summed E-state index contributed by atoms with van der Waals surface area (Å²) < 4.78 is 26.0. The van der Waals surface area contributed by atoms with Crippen molar-refractivity contribution in [3.05, 3.63) is 47.8 Å². The van der Waals surface area contributed by atoms with Crippen LogP contribution in [0.3, 0.4) is 0 Å². The molecule has 17 heavy (non-hydrogen) atoms. The Hall–Kier alpha value is -1.19. The molecule has 0 aliphatic rings. The fraction of sp³-hybridized carbons (Fsp3) is 0.167. The van der Waals surface area contributed by atoms with E-state index in [0.29, 0.717) is 0 Å². The smallest absolute Gasteiger partial charge is 0.0776 e. The summed E-state index contributed by atoms with van der Waals surface area (Å²) in [5.74, 6) is -1.15. The molecule has 2 rings (SSSR count). The normalized spacial score (nSPS) is 9.82. The van der Waals surface area contributed by atoms with Crippen LogP contribution in [-0.4, -0.2) is 9.97 Å². The van der Waals surface area contributed by atoms with E-state index in [2.05, 4.69) is 16.0 Å². The van der Waals surface area contributed by atoms with Crippen LogP contribution >= 0.6 is 0 Å². The first-order chi connectivity index (χ1) is 7.70. The van der Waals surface area contributed by atoms with Gasteiger partial charge in [-0.3, -0.25) is 18.7 Å². The second-order valence-electron chi connectivity index (χ2n) is 3.31. The molecule has 1 heterocycles. The van der Waals surface area contributed by atoms with Gasteiger partial charge in [-0.25, -0.2) is 0 Å². The summed E-state index contributed by atoms with van der Waals surface area (Å²) in [7, 11) is 0. The predicted octanol–water partition coefficient (Wildman–Crippen LogP) is 2.78. The Morgan fingerprint density at radius 3 is 2.41 bits per heavy atom. The van der Waals surface area contributed by atoms with E-state index in [9.17, 15) is 8.78 Å². The van der Waals surface area contributed by atoms with Crippen LogP contribution in [0.25, 0.3) is 11.4 Å². The Morgan fingerprint density at radius 2 is 1.88 bits per heavy atom. The van der Waals surface area contributed by atoms with Crippen molar-refractivity contribution in [3.63, 3.8) is 0 Å². The second kappa shape index (κ2) is 5.94. The Bertz CT molecular complexity index is 500. The molecule has 0 unspecified atom stereocenters. The van der Waals surface area contributed by atoms with Crippen molar-refractivity contribution in [1.29, 1.82) is 0 Å². The third-order valence-corrected chi connectivity index (χ3v) is 2.20. The summed E-state index contributed by atoms with van der Waals surface area (Å²) in [6.07, 6.45) is 4.06. The van der Waals surface area contributed by atoms with Crippen LogP contribution in [0.2, 0.25) is 0 Å². The number of hydrogen-bond acceptors (Lipinski definition) is 2. The summed E-state index contributed by atoms with van der Waals surface area (Å²) in [4.78, 5) is 8.01. The van der Waals surface area contributed by atoms with Crippen molar-refractivity contribution in [2.75, 3.05) is 0 Å². The summed E-state index contributed by atoms with van der Waals surface area (Å²) in [6.45, 7) is 1.98. The number of halogens is 2. The molecule has 0 fully saturated rings. The van der Waals surface area contributed by atoms with Crippen molar-refractivity contribution >= 4 is 0 Å². The van der Waals surface area contributed by atoms with Crippen molar-refractivity contribution < 1.29 is 28.9 Å². The maximum atomic E-state index is 13.4. The number of aryl methyl sites for hydroxylation is 1. The van der Waals surface area contributed by atoms with Crippen LogP contribution in [0.4, 0.5) is 8.78 Å². The van der Waals surface area contributed by atoms with E-state index in [1.54, 1.807) is 12.4 Å². The van der Waals surface area contributed by atoms with E-state index >= 15 is 0 Å². The minimum absolute atomic E-state index is 0. The van der Waals surface area contributed by atoms with Crippen molar-refractivity contribution in [2.24, 2.45) is 0 Å². The summed E-state index contributed by atoms with van der Waals surface area (Å²) in [5.41, 5.74) is 1.05. The van der Waals surface area contributed by atoms with E-state index < -0.39 is 11.6 Å². The maximum absolute atomic E-state index is 13.4. The molecule has 0 saturated carbocycles. The molecule has 0 amide bonds. The molecule has 0 aliphatic heterocycles. The van der Waals surface area contributed by atoms with Crippen LogP contribution in [0.1, 0.15) is 12.5 Å². The van der Waals surface area contributed by atoms with E-state index in [1.165, 1.54) is 0 Å². The quantitative estimate of drug-likeness (QED) is 0.711. The zero-order chi connectivity index (χ0) is 11.5. The molecule has 1 aromatic heterocycles. The summed E-state index contributed by atoms with van der Waals surface area (Å²) >= 11 is 0. The molecular formula is C12H9F2IrN2-. The SMILES string of the molecule is CCc1cnc(-c2[c-]cc(F)cc2F)nc1.[Ir]. The van der Waals surface area contributed by atoms with Crippen LogP contribution in [0.15, 0.2) is 24.5 Å². The molecule has 0 spiro atoms. The molecule has 91 valence electrons. The Morgan fingerprint density at radius 1 is 1.24 bits per heavy atom. The van der Waals surface area contributed by atoms with Gasteiger partial charge in [-0.2, -0.15) is 0 Å². The van der Waals surface area contributed by atoms with E-state index in [0.717, 1.165) is 24.1 Å². The third-order valence-electron chi connectivity index (χ3n) is 2.20. The first-order valence-electron chi connectivity index (χ1n) is 4.88. The van der Waals surface area contributed by atoms with Gasteiger partial charge in [0.05, 0.1) is 5.82 Å². The summed E-state index contributed by atoms with van der Waals surface area (Å²) in [5, 5.41) is 0. The minimum atomic E-state index is -0.704. The van der Waals surface area contributed by atoms with Gasteiger partial charge in [0.2, 0.25) is 0 Å². The van der Waals surface area contributed by atoms with Crippen molar-refractivity contribution in [2.45, 2.75) is 13.3 Å². The van der Waals surface area contributed by atoms with Gasteiger partial charge in [-0.1, -0.05) is 18.6 Å². The van der Waals surface area contributed by atoms with Gasteiger partial charge in [-0.15, -0.1) is 12.1 Å². The number of rotatable bonds is 2. The molecule has 0 atom stereocenters. The van der Waals surface area contributed by atoms with Crippen LogP contribution in [-0.2, 0) is 26.5 Å². The monoisotopic (exact) mass is 412 g/mol. The van der Waals surface area contributed by atoms with Crippen LogP contribution in [0.5, 0.6) is 0 Å². The van der Waals surface area contributed by atoms with Gasteiger partial charge in [0.25, 0.3) is 0 Å². The Kier molecular flexibility index (Phi) is 4.85. The molecule has 1 aromatic carbocycles. The number of hydrogen-bond donors (Lipinski definition) is 0. The largest absolute Gasteiger partial charge is 0.285 e. The zero-order valence-electron chi connectivity index (χ0n) is 9.00. The van der Waals surface area contributed by atoms with Crippen LogP contribution < -0.4 is 0 Å². The summed E-state index contributed by atoms with van der Waals surface area (Å²) in [6, 6.07) is 4.34. The molecule has 0 aliphatic carbocycles. The molecular weight excluding hydrogens is 402 g/mol. The van der Waals surface area contributed by atoms with Gasteiger partial charge in [-0.05, 0) is 12.0 Å². The topological polar surface area (TPSA) is 25.8 Å². The maximum Gasteiger partial charge on any atom is 0.0776 e. The molecule has 0 saturated heterocycles. The number of aromatic nitrogens is 2. The fourth-order valence-electron chi connectivity index (χ4n) is 1.28. The van der Waals surface area contributed by atoms with Crippen LogP contribution in [0, 0.1) is 17.7 Å². The van der Waals surface area contributed by atoms with Gasteiger partial charge in [0, 0.05) is 44.1 Å². The molecule has 0 bridgehead atoms. The fourth-order valence-corrected chi connectivity index (χ4v) is 1.28. The average molecular weight is 411 g/mol. The Labute approximate surface area is 111 Å². The van der Waals surface area contributed by atoms with Gasteiger partial charge in [0.15, 0.2) is 0 Å². The van der Waals surface area contributed by atoms with E-state index in [1.807, 2.05) is 6.92 Å². The van der Waals surface area contributed by atoms with Gasteiger partial charge >= 0.3 is 0 Å². The van der Waals surface area contributed by atoms with E-state index in [-0.39, 0.29) is 31.5 Å². The predicted molar refractivity (Wildman–Crippen MR) is 55.6 cm³/mol. The van der Waals surface area contributed by atoms with Crippen molar-refractivity contribution in [3.8, 4) is 11.4 Å². The van der Waals surface area contributed by atoms with E-state index in [4.69, 9.17) is 0 Å². The zero-order valence-corrected chi connectivity index (χ0v) is 11.4. The Balaban J connectivity index is 0.00000144. The molecule has 2 nitrogen and oxygen atoms in total. The standard InChI is InChI=1S/C12H9F2N2.Ir/c1-2-8-6-15-12(16-7-8)10-4-3-9(13)5-11(10)14;/h3,5-7H,2H2,1H3;/q-1;. The first-order valence-corrected chi connectivity index (χ1v) is 4.88. The number of nitrogens with zero attached hydrogens (tertiary/aromatic N) is 2.